The van der Waals surface area contributed by atoms with Gasteiger partial charge < -0.3 is 10.2 Å². The third-order valence-corrected chi connectivity index (χ3v) is 2.78. The Labute approximate surface area is 115 Å². The molecule has 0 fully saturated rings. The molecule has 5 heteroatoms. The predicted molar refractivity (Wildman–Crippen MR) is 77.3 cm³/mol. The highest BCUT2D eigenvalue weighted by molar-refractivity contribution is 5.92. The molecule has 1 aromatic heterocycles. The van der Waals surface area contributed by atoms with Crippen molar-refractivity contribution in [2.75, 3.05) is 18.4 Å². The van der Waals surface area contributed by atoms with Gasteiger partial charge in [0.05, 0.1) is 12.4 Å². The van der Waals surface area contributed by atoms with Crippen LogP contribution in [0.2, 0.25) is 0 Å². The molecule has 19 heavy (non-hydrogen) atoms. The molecule has 5 nitrogen and oxygen atoms in total. The van der Waals surface area contributed by atoms with Crippen LogP contribution < -0.4 is 5.32 Å². The van der Waals surface area contributed by atoms with Crippen molar-refractivity contribution in [2.45, 2.75) is 46.6 Å². The number of hydrogen-bond donors (Lipinski definition) is 1. The van der Waals surface area contributed by atoms with Crippen molar-refractivity contribution in [3.05, 3.63) is 18.1 Å². The predicted octanol–water partition coefficient (Wildman–Crippen LogP) is 2.56. The molecule has 0 aliphatic heterocycles. The minimum Gasteiger partial charge on any atom is -0.369 e. The highest BCUT2D eigenvalue weighted by Crippen LogP contribution is 2.08. The van der Waals surface area contributed by atoms with Gasteiger partial charge in [0.15, 0.2) is 0 Å². The first-order valence-corrected chi connectivity index (χ1v) is 6.97. The second-order valence-corrected chi connectivity index (χ2v) is 4.81. The highest BCUT2D eigenvalue weighted by Gasteiger charge is 2.19. The number of nitrogens with one attached hydrogen (secondary N) is 1. The van der Waals surface area contributed by atoms with Crippen molar-refractivity contribution in [2.24, 2.45) is 0 Å². The summed E-state index contributed by atoms with van der Waals surface area (Å²) in [5.74, 6) is 0.663. The monoisotopic (exact) mass is 264 g/mol. The Kier molecular flexibility index (Phi) is 6.25. The van der Waals surface area contributed by atoms with Gasteiger partial charge in [-0.3, -0.25) is 4.79 Å². The molecule has 0 saturated carbocycles. The summed E-state index contributed by atoms with van der Waals surface area (Å²) in [5, 5.41) is 3.14. The summed E-state index contributed by atoms with van der Waals surface area (Å²) in [6, 6.07) is 0.173. The second kappa shape index (κ2) is 7.71. The van der Waals surface area contributed by atoms with E-state index in [1.165, 1.54) is 0 Å². The third kappa shape index (κ3) is 4.50. The van der Waals surface area contributed by atoms with Gasteiger partial charge in [-0.2, -0.15) is 0 Å². The van der Waals surface area contributed by atoms with Crippen LogP contribution in [0.4, 0.5) is 5.82 Å². The molecule has 0 radical (unpaired) electrons. The molecule has 0 spiro atoms. The van der Waals surface area contributed by atoms with Crippen LogP contribution in [0.3, 0.4) is 0 Å². The number of hydrogen-bond acceptors (Lipinski definition) is 4. The first kappa shape index (κ1) is 15.4. The number of carbonyl (C=O) groups excluding carboxylic acids is 1. The van der Waals surface area contributed by atoms with E-state index in [-0.39, 0.29) is 11.9 Å². The van der Waals surface area contributed by atoms with Crippen molar-refractivity contribution in [1.29, 1.82) is 0 Å². The smallest absolute Gasteiger partial charge is 0.274 e. The molecular formula is C14H24N4O. The largest absolute Gasteiger partial charge is 0.369 e. The third-order valence-electron chi connectivity index (χ3n) is 2.78. The summed E-state index contributed by atoms with van der Waals surface area (Å²) >= 11 is 0. The zero-order valence-corrected chi connectivity index (χ0v) is 12.3. The molecule has 0 atom stereocenters. The van der Waals surface area contributed by atoms with E-state index < -0.39 is 0 Å². The minimum absolute atomic E-state index is 0.0496. The second-order valence-electron chi connectivity index (χ2n) is 4.81. The fraction of sp³-hybridized carbons (Fsp3) is 0.643. The number of aromatic nitrogens is 2. The van der Waals surface area contributed by atoms with E-state index in [1.807, 2.05) is 18.7 Å². The summed E-state index contributed by atoms with van der Waals surface area (Å²) in [6.45, 7) is 9.77. The Hall–Kier alpha value is -1.65. The molecule has 0 aromatic carbocycles. The fourth-order valence-corrected chi connectivity index (χ4v) is 1.77. The maximum absolute atomic E-state index is 12.3. The van der Waals surface area contributed by atoms with E-state index in [4.69, 9.17) is 0 Å². The first-order chi connectivity index (χ1) is 9.10. The van der Waals surface area contributed by atoms with Gasteiger partial charge in [-0.15, -0.1) is 0 Å². The fourth-order valence-electron chi connectivity index (χ4n) is 1.77. The maximum Gasteiger partial charge on any atom is 0.274 e. The molecule has 1 rings (SSSR count). The standard InChI is InChI=1S/C14H24N4O/c1-5-7-15-13-10-16-12(9-17-13)14(19)18(8-6-2)11(3)4/h9-11H,5-8H2,1-4H3,(H,15,17). The zero-order chi connectivity index (χ0) is 14.3. The van der Waals surface area contributed by atoms with Gasteiger partial charge in [-0.25, -0.2) is 9.97 Å². The van der Waals surface area contributed by atoms with E-state index in [0.29, 0.717) is 11.5 Å². The van der Waals surface area contributed by atoms with Gasteiger partial charge in [0, 0.05) is 19.1 Å². The van der Waals surface area contributed by atoms with Gasteiger partial charge in [-0.1, -0.05) is 13.8 Å². The van der Waals surface area contributed by atoms with Crippen LogP contribution in [0.1, 0.15) is 51.0 Å². The molecule has 0 aliphatic carbocycles. The summed E-state index contributed by atoms with van der Waals surface area (Å²) in [5.41, 5.74) is 0.407. The van der Waals surface area contributed by atoms with Crippen LogP contribution in [0.15, 0.2) is 12.4 Å². The summed E-state index contributed by atoms with van der Waals surface area (Å²) in [7, 11) is 0. The Balaban J connectivity index is 2.75. The van der Waals surface area contributed by atoms with Crippen LogP contribution in [-0.2, 0) is 0 Å². The quantitative estimate of drug-likeness (QED) is 0.822. The summed E-state index contributed by atoms with van der Waals surface area (Å²) in [6.07, 6.45) is 5.13. The number of nitrogens with zero attached hydrogens (tertiary/aromatic N) is 3. The van der Waals surface area contributed by atoms with Gasteiger partial charge in [0.25, 0.3) is 5.91 Å². The molecule has 1 heterocycles. The van der Waals surface area contributed by atoms with Gasteiger partial charge >= 0.3 is 0 Å². The SMILES string of the molecule is CCCNc1cnc(C(=O)N(CCC)C(C)C)cn1. The number of carbonyl (C=O) groups is 1. The van der Waals surface area contributed by atoms with Crippen molar-refractivity contribution >= 4 is 11.7 Å². The molecule has 1 aromatic rings. The van der Waals surface area contributed by atoms with Gasteiger partial charge in [0.2, 0.25) is 0 Å². The first-order valence-electron chi connectivity index (χ1n) is 6.97. The van der Waals surface area contributed by atoms with Crippen LogP contribution in [0.25, 0.3) is 0 Å². The Morgan fingerprint density at radius 2 is 2.00 bits per heavy atom. The lowest BCUT2D eigenvalue weighted by Crippen LogP contribution is -2.38. The van der Waals surface area contributed by atoms with E-state index in [9.17, 15) is 4.79 Å². The topological polar surface area (TPSA) is 58.1 Å². The number of anilines is 1. The normalized spacial score (nSPS) is 10.6. The van der Waals surface area contributed by atoms with Crippen LogP contribution in [0, 0.1) is 0 Å². The lowest BCUT2D eigenvalue weighted by molar-refractivity contribution is 0.0699. The zero-order valence-electron chi connectivity index (χ0n) is 12.3. The molecular weight excluding hydrogens is 240 g/mol. The molecule has 1 amide bonds. The van der Waals surface area contributed by atoms with Crippen LogP contribution in [0.5, 0.6) is 0 Å². The Morgan fingerprint density at radius 1 is 1.26 bits per heavy atom. The highest BCUT2D eigenvalue weighted by atomic mass is 16.2. The van der Waals surface area contributed by atoms with E-state index in [0.717, 1.165) is 25.9 Å². The Bertz CT molecular complexity index is 389. The number of rotatable bonds is 7. The van der Waals surface area contributed by atoms with Gasteiger partial charge in [-0.05, 0) is 26.7 Å². The average Bonchev–Trinajstić information content (AvgIpc) is 2.42. The Morgan fingerprint density at radius 3 is 2.47 bits per heavy atom. The minimum atomic E-state index is -0.0496. The number of amides is 1. The maximum atomic E-state index is 12.3. The summed E-state index contributed by atoms with van der Waals surface area (Å²) in [4.78, 5) is 22.5. The lowest BCUT2D eigenvalue weighted by atomic mass is 10.2. The molecule has 106 valence electrons. The van der Waals surface area contributed by atoms with Crippen molar-refractivity contribution in [3.63, 3.8) is 0 Å². The van der Waals surface area contributed by atoms with Crippen molar-refractivity contribution in [3.8, 4) is 0 Å². The van der Waals surface area contributed by atoms with Gasteiger partial charge in [0.1, 0.15) is 11.5 Å². The average molecular weight is 264 g/mol. The molecule has 0 saturated heterocycles. The van der Waals surface area contributed by atoms with E-state index in [1.54, 1.807) is 12.4 Å². The van der Waals surface area contributed by atoms with E-state index >= 15 is 0 Å². The molecule has 0 unspecified atom stereocenters. The van der Waals surface area contributed by atoms with Crippen molar-refractivity contribution in [1.82, 2.24) is 14.9 Å². The van der Waals surface area contributed by atoms with Crippen LogP contribution >= 0.6 is 0 Å². The molecule has 0 bridgehead atoms. The van der Waals surface area contributed by atoms with Crippen LogP contribution in [-0.4, -0.2) is 39.9 Å². The van der Waals surface area contributed by atoms with E-state index in [2.05, 4.69) is 29.1 Å². The lowest BCUT2D eigenvalue weighted by Gasteiger charge is -2.25. The summed E-state index contributed by atoms with van der Waals surface area (Å²) < 4.78 is 0. The molecule has 0 aliphatic rings. The van der Waals surface area contributed by atoms with Crippen molar-refractivity contribution < 1.29 is 4.79 Å². The molecule has 1 N–H and O–H groups in total.